The molecule has 3 aliphatic heterocycles. The topological polar surface area (TPSA) is 118 Å². The van der Waals surface area contributed by atoms with E-state index in [9.17, 15) is 19.5 Å². The first kappa shape index (κ1) is 36.5. The summed E-state index contributed by atoms with van der Waals surface area (Å²) in [6.07, 6.45) is 2.03. The van der Waals surface area contributed by atoms with Crippen molar-refractivity contribution in [2.45, 2.75) is 76.9 Å². The number of benzene rings is 4. The second-order valence-corrected chi connectivity index (χ2v) is 14.2. The van der Waals surface area contributed by atoms with Gasteiger partial charge in [0.05, 0.1) is 31.8 Å². The van der Waals surface area contributed by atoms with Gasteiger partial charge in [0.1, 0.15) is 12.6 Å². The van der Waals surface area contributed by atoms with Crippen LogP contribution in [0.1, 0.15) is 72.8 Å². The van der Waals surface area contributed by atoms with Crippen LogP contribution in [-0.2, 0) is 43.6 Å². The Hall–Kier alpha value is -4.87. The normalized spacial score (nSPS) is 23.6. The maximum Gasteiger partial charge on any atom is 0.408 e. The highest BCUT2D eigenvalue weighted by Gasteiger charge is 2.41. The Balaban J connectivity index is 1.04. The fraction of sp³-hybridized carbons (Fsp3) is 0.372. The van der Waals surface area contributed by atoms with Crippen molar-refractivity contribution in [1.29, 1.82) is 0 Å². The summed E-state index contributed by atoms with van der Waals surface area (Å²) in [5, 5.41) is 12.2. The number of carbonyl (C=O) groups is 3. The molecule has 3 heterocycles. The van der Waals surface area contributed by atoms with Gasteiger partial charge in [-0.1, -0.05) is 116 Å². The van der Waals surface area contributed by atoms with E-state index in [0.717, 1.165) is 58.6 Å². The number of carbonyl (C=O) groups excluding carboxylic acids is 3. The van der Waals surface area contributed by atoms with Gasteiger partial charge in [0, 0.05) is 18.0 Å². The van der Waals surface area contributed by atoms with Crippen LogP contribution in [0.2, 0.25) is 0 Å². The molecule has 53 heavy (non-hydrogen) atoms. The Morgan fingerprint density at radius 3 is 2.26 bits per heavy atom. The molecule has 1 unspecified atom stereocenters. The summed E-state index contributed by atoms with van der Waals surface area (Å²) >= 11 is 0. The van der Waals surface area contributed by atoms with E-state index in [4.69, 9.17) is 14.2 Å². The SMILES string of the molecule is C[C@H]1[C@@H](CN2CCCCC2)O[C@@H](c2ccc(-c3ccccc3CN3C(=O)CC(NC(=O)OCc4ccccc4)C3=O)cc2)O[C@H]1c1ccc(CO)cc1. The Bertz CT molecular complexity index is 1860. The quantitative estimate of drug-likeness (QED) is 0.165. The molecule has 10 heteroatoms. The molecule has 10 nitrogen and oxygen atoms in total. The molecule has 0 spiro atoms. The zero-order valence-corrected chi connectivity index (χ0v) is 30.1. The number of hydrogen-bond donors (Lipinski definition) is 2. The van der Waals surface area contributed by atoms with E-state index in [2.05, 4.69) is 17.1 Å². The number of aliphatic hydroxyl groups excluding tert-OH is 1. The van der Waals surface area contributed by atoms with Crippen LogP contribution < -0.4 is 5.32 Å². The number of hydrogen-bond acceptors (Lipinski definition) is 8. The molecule has 0 bridgehead atoms. The Kier molecular flexibility index (Phi) is 11.6. The lowest BCUT2D eigenvalue weighted by atomic mass is 9.89. The van der Waals surface area contributed by atoms with Crippen molar-refractivity contribution < 1.29 is 33.7 Å². The minimum atomic E-state index is -0.981. The third-order valence-corrected chi connectivity index (χ3v) is 10.6. The second-order valence-electron chi connectivity index (χ2n) is 14.2. The second kappa shape index (κ2) is 16.9. The number of rotatable bonds is 11. The van der Waals surface area contributed by atoms with Gasteiger partial charge < -0.3 is 29.5 Å². The van der Waals surface area contributed by atoms with Gasteiger partial charge in [0.25, 0.3) is 5.91 Å². The van der Waals surface area contributed by atoms with Gasteiger partial charge in [-0.3, -0.25) is 14.5 Å². The van der Waals surface area contributed by atoms with Crippen LogP contribution in [0.4, 0.5) is 4.79 Å². The monoisotopic (exact) mass is 717 g/mol. The largest absolute Gasteiger partial charge is 0.445 e. The number of imide groups is 1. The van der Waals surface area contributed by atoms with Crippen LogP contribution in [0.25, 0.3) is 11.1 Å². The third-order valence-electron chi connectivity index (χ3n) is 10.6. The van der Waals surface area contributed by atoms with Crippen molar-refractivity contribution >= 4 is 17.9 Å². The molecule has 4 aromatic rings. The van der Waals surface area contributed by atoms with Gasteiger partial charge in [-0.25, -0.2) is 4.79 Å². The van der Waals surface area contributed by atoms with Gasteiger partial charge in [-0.2, -0.15) is 0 Å². The lowest BCUT2D eigenvalue weighted by molar-refractivity contribution is -0.276. The van der Waals surface area contributed by atoms with E-state index >= 15 is 0 Å². The van der Waals surface area contributed by atoms with Crippen molar-refractivity contribution in [3.63, 3.8) is 0 Å². The van der Waals surface area contributed by atoms with Crippen molar-refractivity contribution in [3.8, 4) is 11.1 Å². The maximum atomic E-state index is 13.3. The van der Waals surface area contributed by atoms with E-state index < -0.39 is 24.3 Å². The first-order valence-electron chi connectivity index (χ1n) is 18.6. The van der Waals surface area contributed by atoms with Gasteiger partial charge >= 0.3 is 6.09 Å². The smallest absolute Gasteiger partial charge is 0.408 e. The number of ether oxygens (including phenoxy) is 3. The highest BCUT2D eigenvalue weighted by atomic mass is 16.7. The molecular formula is C43H47N3O7. The molecule has 0 aromatic heterocycles. The third kappa shape index (κ3) is 8.69. The number of nitrogens with zero attached hydrogens (tertiary/aromatic N) is 2. The van der Waals surface area contributed by atoms with Crippen molar-refractivity contribution in [2.24, 2.45) is 5.92 Å². The number of amides is 3. The Labute approximate surface area is 310 Å². The molecule has 0 radical (unpaired) electrons. The zero-order chi connectivity index (χ0) is 36.7. The lowest BCUT2D eigenvalue weighted by Gasteiger charge is -2.43. The molecule has 276 valence electrons. The summed E-state index contributed by atoms with van der Waals surface area (Å²) in [6.45, 7) is 5.33. The number of aliphatic hydroxyl groups is 1. The first-order chi connectivity index (χ1) is 25.9. The fourth-order valence-corrected chi connectivity index (χ4v) is 7.52. The zero-order valence-electron chi connectivity index (χ0n) is 30.1. The molecule has 0 aliphatic carbocycles. The number of piperidine rings is 1. The lowest BCUT2D eigenvalue weighted by Crippen LogP contribution is -2.45. The average molecular weight is 718 g/mol. The molecule has 3 saturated heterocycles. The van der Waals surface area contributed by atoms with Crippen LogP contribution in [0.15, 0.2) is 103 Å². The summed E-state index contributed by atoms with van der Waals surface area (Å²) in [5.74, 6) is -0.698. The van der Waals surface area contributed by atoms with Gasteiger partial charge in [0.15, 0.2) is 6.29 Å². The van der Waals surface area contributed by atoms with Crippen LogP contribution in [0.5, 0.6) is 0 Å². The summed E-state index contributed by atoms with van der Waals surface area (Å²) in [4.78, 5) is 42.5. The maximum absolute atomic E-state index is 13.3. The van der Waals surface area contributed by atoms with Crippen molar-refractivity contribution in [3.05, 3.63) is 131 Å². The van der Waals surface area contributed by atoms with Gasteiger partial charge in [-0.05, 0) is 59.3 Å². The van der Waals surface area contributed by atoms with E-state index in [1.54, 1.807) is 0 Å². The predicted octanol–water partition coefficient (Wildman–Crippen LogP) is 6.68. The van der Waals surface area contributed by atoms with Crippen molar-refractivity contribution in [2.75, 3.05) is 19.6 Å². The van der Waals surface area contributed by atoms with Gasteiger partial charge in [-0.15, -0.1) is 0 Å². The molecule has 0 saturated carbocycles. The van der Waals surface area contributed by atoms with Crippen LogP contribution >= 0.6 is 0 Å². The molecule has 4 aromatic carbocycles. The molecule has 2 N–H and O–H groups in total. The molecular weight excluding hydrogens is 670 g/mol. The van der Waals surface area contributed by atoms with Crippen molar-refractivity contribution in [1.82, 2.24) is 15.1 Å². The Morgan fingerprint density at radius 1 is 0.830 bits per heavy atom. The molecule has 3 aliphatic rings. The summed E-state index contributed by atoms with van der Waals surface area (Å²) in [6, 6.07) is 32.0. The highest BCUT2D eigenvalue weighted by Crippen LogP contribution is 2.42. The average Bonchev–Trinajstić information content (AvgIpc) is 3.46. The summed E-state index contributed by atoms with van der Waals surface area (Å²) in [7, 11) is 0. The van der Waals surface area contributed by atoms with Crippen LogP contribution in [0, 0.1) is 5.92 Å². The van der Waals surface area contributed by atoms with E-state index in [1.165, 1.54) is 24.2 Å². The number of likely N-dealkylation sites (tertiary alicyclic amines) is 2. The molecule has 3 amide bonds. The summed E-state index contributed by atoms with van der Waals surface area (Å²) < 4.78 is 18.7. The fourth-order valence-electron chi connectivity index (χ4n) is 7.52. The highest BCUT2D eigenvalue weighted by molar-refractivity contribution is 6.06. The molecule has 3 fully saturated rings. The predicted molar refractivity (Wildman–Crippen MR) is 199 cm³/mol. The standard InChI is InChI=1S/C43H47N3O7/c1-29-38(26-45-22-8-3-9-23-45)52-42(53-40(29)33-16-14-30(27-47)15-17-33)34-20-18-32(19-21-34)36-13-7-6-12-35(36)25-46-39(48)24-37(41(46)49)44-43(50)51-28-31-10-4-2-5-11-31/h2,4-7,10-21,29,37-38,40,42,47H,3,8-9,22-28H2,1H3,(H,44,50)/t29-,37?,38+,40+,42+/m0/s1. The summed E-state index contributed by atoms with van der Waals surface area (Å²) in [5.41, 5.74) is 6.26. The van der Waals surface area contributed by atoms with E-state index in [1.807, 2.05) is 103 Å². The van der Waals surface area contributed by atoms with Crippen LogP contribution in [0.3, 0.4) is 0 Å². The van der Waals surface area contributed by atoms with Crippen LogP contribution in [-0.4, -0.2) is 64.6 Å². The molecule has 7 rings (SSSR count). The van der Waals surface area contributed by atoms with E-state index in [0.29, 0.717) is 0 Å². The number of alkyl carbamates (subject to hydrolysis) is 1. The minimum absolute atomic E-state index is 0.00542. The van der Waals surface area contributed by atoms with Gasteiger partial charge in [0.2, 0.25) is 5.91 Å². The number of nitrogens with one attached hydrogen (secondary N) is 1. The van der Waals surface area contributed by atoms with E-state index in [-0.39, 0.29) is 50.2 Å². The molecule has 5 atom stereocenters. The minimum Gasteiger partial charge on any atom is -0.445 e. The Morgan fingerprint density at radius 2 is 1.53 bits per heavy atom. The first-order valence-corrected chi connectivity index (χ1v) is 18.6.